The minimum absolute atomic E-state index is 0.0700. The van der Waals surface area contributed by atoms with E-state index in [1.807, 2.05) is 0 Å². The predicted molar refractivity (Wildman–Crippen MR) is 93.4 cm³/mol. The number of morpholine rings is 1. The molecule has 1 fully saturated rings. The van der Waals surface area contributed by atoms with Gasteiger partial charge >= 0.3 is 0 Å². The number of thiophene rings is 1. The molecule has 2 heterocycles. The van der Waals surface area contributed by atoms with Crippen molar-refractivity contribution in [1.29, 1.82) is 0 Å². The van der Waals surface area contributed by atoms with Crippen LogP contribution in [0, 0.1) is 0 Å². The fourth-order valence-corrected chi connectivity index (χ4v) is 3.46. The Bertz CT molecular complexity index is 481. The van der Waals surface area contributed by atoms with Gasteiger partial charge in [-0.05, 0) is 39.1 Å². The molecule has 0 radical (unpaired) electrons. The zero-order chi connectivity index (χ0) is 16.2. The molecule has 5 nitrogen and oxygen atoms in total. The third-order valence-corrected chi connectivity index (χ3v) is 4.50. The number of nitrogens with one attached hydrogen (secondary N) is 1. The lowest BCUT2D eigenvalue weighted by atomic mass is 10.1. The highest BCUT2D eigenvalue weighted by atomic mass is 32.1. The molecule has 1 aliphatic rings. The van der Waals surface area contributed by atoms with Crippen LogP contribution in [0.25, 0.3) is 0 Å². The van der Waals surface area contributed by atoms with Crippen LogP contribution in [-0.4, -0.2) is 48.7 Å². The van der Waals surface area contributed by atoms with Crippen LogP contribution < -0.4 is 11.1 Å². The minimum Gasteiger partial charge on any atom is -0.376 e. The summed E-state index contributed by atoms with van der Waals surface area (Å²) in [5.41, 5.74) is 5.95. The van der Waals surface area contributed by atoms with Gasteiger partial charge in [0.15, 0.2) is 5.96 Å². The highest BCUT2D eigenvalue weighted by molar-refractivity contribution is 7.10. The molecule has 22 heavy (non-hydrogen) atoms. The Kier molecular flexibility index (Phi) is 5.83. The Morgan fingerprint density at radius 1 is 1.59 bits per heavy atom. The molecule has 2 rings (SSSR count). The molecule has 0 saturated carbocycles. The van der Waals surface area contributed by atoms with E-state index >= 15 is 0 Å². The van der Waals surface area contributed by atoms with E-state index in [-0.39, 0.29) is 17.7 Å². The molecular weight excluding hydrogens is 296 g/mol. The van der Waals surface area contributed by atoms with Crippen molar-refractivity contribution in [1.82, 2.24) is 10.2 Å². The van der Waals surface area contributed by atoms with E-state index in [1.165, 1.54) is 4.88 Å². The summed E-state index contributed by atoms with van der Waals surface area (Å²) < 4.78 is 5.66. The highest BCUT2D eigenvalue weighted by Crippen LogP contribution is 2.27. The SMILES string of the molecule is CC1CN(C(CN=C(N)NC(C)(C)C)c2cccs2)CCO1. The van der Waals surface area contributed by atoms with Gasteiger partial charge in [0, 0.05) is 23.5 Å². The van der Waals surface area contributed by atoms with E-state index in [0.29, 0.717) is 12.5 Å². The average molecular weight is 324 g/mol. The van der Waals surface area contributed by atoms with Crippen molar-refractivity contribution in [2.24, 2.45) is 10.7 Å². The van der Waals surface area contributed by atoms with Gasteiger partial charge in [0.1, 0.15) is 0 Å². The van der Waals surface area contributed by atoms with Gasteiger partial charge in [-0.3, -0.25) is 9.89 Å². The van der Waals surface area contributed by atoms with E-state index in [1.54, 1.807) is 11.3 Å². The first kappa shape index (κ1) is 17.2. The number of hydrogen-bond donors (Lipinski definition) is 2. The van der Waals surface area contributed by atoms with Gasteiger partial charge in [-0.25, -0.2) is 0 Å². The van der Waals surface area contributed by atoms with Crippen molar-refractivity contribution in [2.45, 2.75) is 45.4 Å². The Hall–Kier alpha value is -1.11. The number of nitrogens with zero attached hydrogens (tertiary/aromatic N) is 2. The van der Waals surface area contributed by atoms with Crippen molar-refractivity contribution < 1.29 is 4.74 Å². The molecule has 3 N–H and O–H groups in total. The third kappa shape index (κ3) is 5.26. The fraction of sp³-hybridized carbons (Fsp3) is 0.688. The van der Waals surface area contributed by atoms with Crippen molar-refractivity contribution in [2.75, 3.05) is 26.2 Å². The molecule has 0 amide bonds. The normalized spacial score (nSPS) is 22.5. The summed E-state index contributed by atoms with van der Waals surface area (Å²) in [7, 11) is 0. The second-order valence-corrected chi connectivity index (χ2v) is 7.79. The fourth-order valence-electron chi connectivity index (χ4n) is 2.60. The molecule has 1 aromatic heterocycles. The van der Waals surface area contributed by atoms with Crippen molar-refractivity contribution in [3.63, 3.8) is 0 Å². The average Bonchev–Trinajstić information content (AvgIpc) is 2.91. The third-order valence-electron chi connectivity index (χ3n) is 3.52. The summed E-state index contributed by atoms with van der Waals surface area (Å²) in [6.07, 6.45) is 0.269. The first-order valence-electron chi connectivity index (χ1n) is 7.82. The van der Waals surface area contributed by atoms with Crippen LogP contribution in [0.2, 0.25) is 0 Å². The monoisotopic (exact) mass is 324 g/mol. The van der Waals surface area contributed by atoms with Gasteiger partial charge in [0.05, 0.1) is 25.3 Å². The lowest BCUT2D eigenvalue weighted by Gasteiger charge is -2.36. The predicted octanol–water partition coefficient (Wildman–Crippen LogP) is 2.21. The van der Waals surface area contributed by atoms with E-state index in [0.717, 1.165) is 19.7 Å². The number of nitrogens with two attached hydrogens (primary N) is 1. The Balaban J connectivity index is 2.07. The second-order valence-electron chi connectivity index (χ2n) is 6.81. The summed E-state index contributed by atoms with van der Waals surface area (Å²) >= 11 is 1.78. The molecule has 124 valence electrons. The molecular formula is C16H28N4OS. The van der Waals surface area contributed by atoms with Crippen LogP contribution in [0.1, 0.15) is 38.6 Å². The summed E-state index contributed by atoms with van der Waals surface area (Å²) in [5.74, 6) is 0.510. The number of hydrogen-bond acceptors (Lipinski definition) is 4. The van der Waals surface area contributed by atoms with Crippen LogP contribution in [0.3, 0.4) is 0 Å². The first-order valence-corrected chi connectivity index (χ1v) is 8.70. The van der Waals surface area contributed by atoms with Crippen molar-refractivity contribution in [3.8, 4) is 0 Å². The highest BCUT2D eigenvalue weighted by Gasteiger charge is 2.26. The summed E-state index contributed by atoms with van der Waals surface area (Å²) in [4.78, 5) is 8.36. The maximum Gasteiger partial charge on any atom is 0.189 e. The Morgan fingerprint density at radius 3 is 2.95 bits per heavy atom. The van der Waals surface area contributed by atoms with E-state index in [9.17, 15) is 0 Å². The maximum absolute atomic E-state index is 6.02. The van der Waals surface area contributed by atoms with Gasteiger partial charge in [-0.15, -0.1) is 11.3 Å². The Morgan fingerprint density at radius 2 is 2.36 bits per heavy atom. The number of ether oxygens (including phenoxy) is 1. The summed E-state index contributed by atoms with van der Waals surface area (Å²) in [5, 5.41) is 5.34. The molecule has 0 aliphatic carbocycles. The van der Waals surface area contributed by atoms with Gasteiger partial charge in [0.25, 0.3) is 0 Å². The molecule has 0 aromatic carbocycles. The van der Waals surface area contributed by atoms with E-state index in [4.69, 9.17) is 10.5 Å². The van der Waals surface area contributed by atoms with E-state index in [2.05, 4.69) is 60.4 Å². The largest absolute Gasteiger partial charge is 0.376 e. The lowest BCUT2D eigenvalue weighted by molar-refractivity contribution is -0.0327. The maximum atomic E-state index is 6.02. The standard InChI is InChI=1S/C16H28N4OS/c1-12-11-20(7-8-21-12)13(14-6-5-9-22-14)10-18-15(17)19-16(2,3)4/h5-6,9,12-13H,7-8,10-11H2,1-4H3,(H3,17,18,19). The molecule has 2 unspecified atom stereocenters. The molecule has 1 aliphatic heterocycles. The molecule has 6 heteroatoms. The summed E-state index contributed by atoms with van der Waals surface area (Å²) in [6, 6.07) is 4.54. The zero-order valence-electron chi connectivity index (χ0n) is 14.0. The molecule has 1 aromatic rings. The lowest BCUT2D eigenvalue weighted by Crippen LogP contribution is -2.46. The van der Waals surface area contributed by atoms with Gasteiger partial charge in [0.2, 0.25) is 0 Å². The van der Waals surface area contributed by atoms with E-state index < -0.39 is 0 Å². The Labute approximate surface area is 137 Å². The summed E-state index contributed by atoms with van der Waals surface area (Å²) in [6.45, 7) is 11.7. The van der Waals surface area contributed by atoms with Gasteiger partial charge < -0.3 is 15.8 Å². The van der Waals surface area contributed by atoms with Crippen molar-refractivity contribution in [3.05, 3.63) is 22.4 Å². The zero-order valence-corrected chi connectivity index (χ0v) is 14.8. The quantitative estimate of drug-likeness (QED) is 0.658. The smallest absolute Gasteiger partial charge is 0.189 e. The molecule has 1 saturated heterocycles. The minimum atomic E-state index is -0.0700. The second kappa shape index (κ2) is 7.44. The number of guanidine groups is 1. The topological polar surface area (TPSA) is 62.9 Å². The van der Waals surface area contributed by atoms with Crippen LogP contribution in [0.5, 0.6) is 0 Å². The van der Waals surface area contributed by atoms with Gasteiger partial charge in [-0.1, -0.05) is 6.07 Å². The number of aliphatic imine (C=N–C) groups is 1. The first-order chi connectivity index (χ1) is 10.3. The van der Waals surface area contributed by atoms with Crippen LogP contribution in [-0.2, 0) is 4.74 Å². The number of rotatable bonds is 4. The molecule has 2 atom stereocenters. The molecule has 0 spiro atoms. The van der Waals surface area contributed by atoms with Crippen LogP contribution >= 0.6 is 11.3 Å². The van der Waals surface area contributed by atoms with Crippen LogP contribution in [0.15, 0.2) is 22.5 Å². The van der Waals surface area contributed by atoms with Gasteiger partial charge in [-0.2, -0.15) is 0 Å². The van der Waals surface area contributed by atoms with Crippen molar-refractivity contribution >= 4 is 17.3 Å². The van der Waals surface area contributed by atoms with Crippen LogP contribution in [0.4, 0.5) is 0 Å². The molecule has 0 bridgehead atoms.